The summed E-state index contributed by atoms with van der Waals surface area (Å²) in [5, 5.41) is 13.7. The van der Waals surface area contributed by atoms with Gasteiger partial charge in [0.2, 0.25) is 0 Å². The summed E-state index contributed by atoms with van der Waals surface area (Å²) in [6.45, 7) is 4.06. The standard InChI is InChI=1S/C18H18Cl2N2O2/c1-3-10-22-13(4-2)8-9-15(17(22)18(23)24)21-11-12-6-5-7-14(19)16(12)20/h3-10,21H,11H2,1-2H3,(H,23,24)/b10-3-,13-4-. The number of hydrogen-bond acceptors (Lipinski definition) is 3. The van der Waals surface area contributed by atoms with Crippen LogP contribution in [0.25, 0.3) is 0 Å². The van der Waals surface area contributed by atoms with E-state index in [0.29, 0.717) is 22.3 Å². The van der Waals surface area contributed by atoms with Crippen molar-refractivity contribution in [1.82, 2.24) is 10.2 Å². The van der Waals surface area contributed by atoms with Crippen LogP contribution in [-0.2, 0) is 11.3 Å². The first kappa shape index (κ1) is 18.2. The lowest BCUT2D eigenvalue weighted by atomic mass is 10.1. The van der Waals surface area contributed by atoms with Crippen LogP contribution >= 0.6 is 23.2 Å². The number of nitrogens with one attached hydrogen (secondary N) is 1. The van der Waals surface area contributed by atoms with Crippen LogP contribution in [0.5, 0.6) is 0 Å². The summed E-state index contributed by atoms with van der Waals surface area (Å²) >= 11 is 12.2. The molecule has 1 heterocycles. The summed E-state index contributed by atoms with van der Waals surface area (Å²) < 4.78 is 0. The van der Waals surface area contributed by atoms with Gasteiger partial charge in [0.25, 0.3) is 0 Å². The van der Waals surface area contributed by atoms with Crippen LogP contribution < -0.4 is 5.32 Å². The molecule has 0 atom stereocenters. The molecule has 0 spiro atoms. The van der Waals surface area contributed by atoms with E-state index in [1.807, 2.05) is 32.1 Å². The second-order valence-electron chi connectivity index (χ2n) is 5.03. The Morgan fingerprint density at radius 1 is 1.29 bits per heavy atom. The van der Waals surface area contributed by atoms with Gasteiger partial charge in [-0.05, 0) is 37.6 Å². The third-order valence-corrected chi connectivity index (χ3v) is 4.35. The summed E-state index contributed by atoms with van der Waals surface area (Å²) in [6.07, 6.45) is 8.96. The minimum absolute atomic E-state index is 0.154. The minimum Gasteiger partial charge on any atom is -0.476 e. The number of carboxylic acid groups (broad SMARTS) is 1. The summed E-state index contributed by atoms with van der Waals surface area (Å²) in [7, 11) is 0. The van der Waals surface area contributed by atoms with Crippen molar-refractivity contribution in [3.8, 4) is 0 Å². The summed E-state index contributed by atoms with van der Waals surface area (Å²) in [5.41, 5.74) is 2.24. The Kier molecular flexibility index (Phi) is 6.12. The van der Waals surface area contributed by atoms with E-state index in [1.165, 1.54) is 0 Å². The van der Waals surface area contributed by atoms with E-state index >= 15 is 0 Å². The number of carboxylic acids is 1. The zero-order valence-corrected chi connectivity index (χ0v) is 14.9. The molecule has 126 valence electrons. The Morgan fingerprint density at radius 3 is 2.67 bits per heavy atom. The van der Waals surface area contributed by atoms with E-state index in [2.05, 4.69) is 5.32 Å². The SMILES string of the molecule is C/C=C\N1C(C(=O)O)=C(NCc2cccc(Cl)c2Cl)C=C/C1=C/C. The molecule has 0 bridgehead atoms. The average Bonchev–Trinajstić information content (AvgIpc) is 2.56. The van der Waals surface area contributed by atoms with Gasteiger partial charge in [0.1, 0.15) is 0 Å². The molecule has 0 radical (unpaired) electrons. The van der Waals surface area contributed by atoms with Gasteiger partial charge in [-0.2, -0.15) is 0 Å². The highest BCUT2D eigenvalue weighted by Crippen LogP contribution is 2.27. The smallest absolute Gasteiger partial charge is 0.355 e. The predicted octanol–water partition coefficient (Wildman–Crippen LogP) is 4.69. The number of benzene rings is 1. The Balaban J connectivity index is 2.35. The van der Waals surface area contributed by atoms with Crippen LogP contribution in [0.15, 0.2) is 65.8 Å². The zero-order valence-electron chi connectivity index (χ0n) is 13.4. The molecule has 2 rings (SSSR count). The molecule has 0 saturated heterocycles. The monoisotopic (exact) mass is 364 g/mol. The minimum atomic E-state index is -1.02. The van der Waals surface area contributed by atoms with Gasteiger partial charge in [-0.25, -0.2) is 4.79 Å². The molecule has 0 aromatic heterocycles. The first-order chi connectivity index (χ1) is 11.5. The topological polar surface area (TPSA) is 52.6 Å². The van der Waals surface area contributed by atoms with Gasteiger partial charge in [0, 0.05) is 18.4 Å². The van der Waals surface area contributed by atoms with Crippen LogP contribution in [0.3, 0.4) is 0 Å². The quantitative estimate of drug-likeness (QED) is 0.795. The average molecular weight is 365 g/mol. The van der Waals surface area contributed by atoms with Crippen molar-refractivity contribution < 1.29 is 9.90 Å². The molecular weight excluding hydrogens is 347 g/mol. The first-order valence-corrected chi connectivity index (χ1v) is 8.16. The highest BCUT2D eigenvalue weighted by Gasteiger charge is 2.24. The fraction of sp³-hybridized carbons (Fsp3) is 0.167. The van der Waals surface area contributed by atoms with Crippen molar-refractivity contribution in [2.45, 2.75) is 20.4 Å². The molecule has 0 saturated carbocycles. The molecule has 1 aliphatic rings. The number of aliphatic carboxylic acids is 1. The highest BCUT2D eigenvalue weighted by molar-refractivity contribution is 6.42. The maximum atomic E-state index is 11.8. The molecule has 0 amide bonds. The second-order valence-corrected chi connectivity index (χ2v) is 5.82. The van der Waals surface area contributed by atoms with E-state index in [4.69, 9.17) is 23.2 Å². The predicted molar refractivity (Wildman–Crippen MR) is 97.5 cm³/mol. The molecular formula is C18H18Cl2N2O2. The van der Waals surface area contributed by atoms with Gasteiger partial charge in [-0.15, -0.1) is 0 Å². The lowest BCUT2D eigenvalue weighted by molar-refractivity contribution is -0.134. The summed E-state index contributed by atoms with van der Waals surface area (Å²) in [5.74, 6) is -1.02. The van der Waals surface area contributed by atoms with Gasteiger partial charge in [0.15, 0.2) is 5.70 Å². The molecule has 4 nitrogen and oxygen atoms in total. The van der Waals surface area contributed by atoms with Crippen molar-refractivity contribution >= 4 is 29.2 Å². The third-order valence-electron chi connectivity index (χ3n) is 3.49. The highest BCUT2D eigenvalue weighted by atomic mass is 35.5. The lowest BCUT2D eigenvalue weighted by Crippen LogP contribution is -2.29. The van der Waals surface area contributed by atoms with Gasteiger partial charge >= 0.3 is 5.97 Å². The van der Waals surface area contributed by atoms with E-state index in [0.717, 1.165) is 11.3 Å². The van der Waals surface area contributed by atoms with E-state index in [-0.39, 0.29) is 5.70 Å². The van der Waals surface area contributed by atoms with Crippen molar-refractivity contribution in [3.05, 3.63) is 81.4 Å². The number of allylic oxidation sites excluding steroid dienone is 4. The number of nitrogens with zero attached hydrogens (tertiary/aromatic N) is 1. The van der Waals surface area contributed by atoms with Crippen molar-refractivity contribution in [3.63, 3.8) is 0 Å². The molecule has 1 aromatic rings. The summed E-state index contributed by atoms with van der Waals surface area (Å²) in [6, 6.07) is 5.36. The summed E-state index contributed by atoms with van der Waals surface area (Å²) in [4.78, 5) is 13.4. The number of hydrogen-bond donors (Lipinski definition) is 2. The molecule has 2 N–H and O–H groups in total. The fourth-order valence-electron chi connectivity index (χ4n) is 2.37. The number of carbonyl (C=O) groups is 1. The number of halogens is 2. The normalized spacial score (nSPS) is 16.3. The van der Waals surface area contributed by atoms with Crippen molar-refractivity contribution in [1.29, 1.82) is 0 Å². The van der Waals surface area contributed by atoms with Crippen LogP contribution in [0, 0.1) is 0 Å². The van der Waals surface area contributed by atoms with E-state index in [1.54, 1.807) is 35.4 Å². The van der Waals surface area contributed by atoms with Gasteiger partial charge in [-0.1, -0.05) is 47.5 Å². The van der Waals surface area contributed by atoms with Crippen molar-refractivity contribution in [2.75, 3.05) is 0 Å². The van der Waals surface area contributed by atoms with Crippen molar-refractivity contribution in [2.24, 2.45) is 0 Å². The van der Waals surface area contributed by atoms with Crippen LogP contribution in [-0.4, -0.2) is 16.0 Å². The lowest BCUT2D eigenvalue weighted by Gasteiger charge is -2.28. The van der Waals surface area contributed by atoms with E-state index in [9.17, 15) is 9.90 Å². The van der Waals surface area contributed by atoms with Crippen LogP contribution in [0.2, 0.25) is 10.0 Å². The zero-order chi connectivity index (χ0) is 17.7. The first-order valence-electron chi connectivity index (χ1n) is 7.40. The largest absolute Gasteiger partial charge is 0.476 e. The van der Waals surface area contributed by atoms with Crippen LogP contribution in [0.1, 0.15) is 19.4 Å². The van der Waals surface area contributed by atoms with Gasteiger partial charge in [0.05, 0.1) is 15.7 Å². The Morgan fingerprint density at radius 2 is 2.04 bits per heavy atom. The van der Waals surface area contributed by atoms with Gasteiger partial charge < -0.3 is 15.3 Å². The molecule has 0 fully saturated rings. The maximum absolute atomic E-state index is 11.8. The molecule has 1 aliphatic heterocycles. The number of rotatable bonds is 5. The maximum Gasteiger partial charge on any atom is 0.355 e. The van der Waals surface area contributed by atoms with E-state index < -0.39 is 5.97 Å². The molecule has 0 unspecified atom stereocenters. The molecule has 6 heteroatoms. The Hall–Kier alpha value is -2.17. The molecule has 0 aliphatic carbocycles. The fourth-order valence-corrected chi connectivity index (χ4v) is 2.76. The second kappa shape index (κ2) is 8.08. The van der Waals surface area contributed by atoms with Gasteiger partial charge in [-0.3, -0.25) is 0 Å². The third kappa shape index (κ3) is 3.83. The molecule has 1 aromatic carbocycles. The Bertz CT molecular complexity index is 764. The Labute approximate surface area is 151 Å². The van der Waals surface area contributed by atoms with Crippen LogP contribution in [0.4, 0.5) is 0 Å². The molecule has 24 heavy (non-hydrogen) atoms.